The molecule has 19 nitrogen and oxygen atoms in total. The monoisotopic (exact) mass is 1250 g/mol. The summed E-state index contributed by atoms with van der Waals surface area (Å²) in [5, 5.41) is 39.5. The second-order valence-corrected chi connectivity index (χ2v) is 29.9. The van der Waals surface area contributed by atoms with Gasteiger partial charge in [0.15, 0.2) is 10.8 Å². The SMILES string of the molecule is Cc1ncsc1-c1ccc([C@H](C)NC(=O)[C@@H]2C[C@@H](O)CN2C(=O)[C@@H](NC(=O)CC(C)CC(C)NC(=O)C23CC4CC5CC(Cn6ncc(-c7ccc(N8CCc9cccc(C(=O)Nc%10nc%11ccccc%11s%10)c9C8)nc7C(=O)O)c6C)(C2)C45C3)C(C)(C)C)cc1. The van der Waals surface area contributed by atoms with Crippen molar-refractivity contribution in [3.63, 3.8) is 0 Å². The standard InChI is InChI=1S/C69H79N11O8S2/c1-37(25-56(82)76-59(66(6,7)8)62(85)79-31-47(81)27-53(79)61(84)73-39(3)42-16-18-44(19-17-42)58-40(4)70-36-89-58)24-38(2)72-64(88)67-28-45-26-46-29-68(33-67,69(45,46)34-67)35-80-41(5)50(30-71-80)48-20-21-55(75-57(48)63(86)87)78-23-22-43-12-11-13-49(51(43)32-78)60(83)77-65-74-52-14-9-10-15-54(52)90-65/h9-21,30,36-39,45-47,53,59,81H,22-29,31-35H2,1-8H3,(H,72,88)(H,73,84)(H,76,82)(H,86,87)(H,74,77,83)/t37?,38?,39-,45?,46?,47+,53-,59+,67?,68?,69?/m0/s1. The zero-order valence-electron chi connectivity index (χ0n) is 52.3. The number of likely N-dealkylation sites (tertiary alicyclic amines) is 1. The summed E-state index contributed by atoms with van der Waals surface area (Å²) in [6.45, 7) is 17.0. The van der Waals surface area contributed by atoms with E-state index >= 15 is 0 Å². The number of pyridine rings is 1. The summed E-state index contributed by atoms with van der Waals surface area (Å²) in [6, 6.07) is 22.6. The number of fused-ring (bicyclic) bond motifs is 3. The largest absolute Gasteiger partial charge is 0.476 e. The van der Waals surface area contributed by atoms with E-state index < -0.39 is 40.9 Å². The number of hydrogen-bond acceptors (Lipinski definition) is 14. The number of rotatable bonds is 19. The van der Waals surface area contributed by atoms with Crippen molar-refractivity contribution >= 4 is 79.3 Å². The van der Waals surface area contributed by atoms with Crippen LogP contribution in [0.25, 0.3) is 31.8 Å². The van der Waals surface area contributed by atoms with Crippen LogP contribution in [-0.2, 0) is 38.7 Å². The topological polar surface area (TPSA) is 254 Å². The summed E-state index contributed by atoms with van der Waals surface area (Å²) >= 11 is 2.99. The number of amides is 5. The molecule has 4 saturated carbocycles. The smallest absolute Gasteiger partial charge is 0.355 e. The summed E-state index contributed by atoms with van der Waals surface area (Å²) in [4.78, 5) is 102. The molecule has 3 aromatic carbocycles. The van der Waals surface area contributed by atoms with Crippen molar-refractivity contribution in [2.24, 2.45) is 39.4 Å². The minimum atomic E-state index is -1.15. The Bertz CT molecular complexity index is 3990. The number of para-hydroxylation sites is 1. The minimum absolute atomic E-state index is 0.0281. The number of hydrogen-bond donors (Lipinski definition) is 6. The maximum Gasteiger partial charge on any atom is 0.355 e. The lowest BCUT2D eigenvalue weighted by atomic mass is 9.32. The van der Waals surface area contributed by atoms with Gasteiger partial charge in [-0.05, 0) is 159 Å². The van der Waals surface area contributed by atoms with Gasteiger partial charge in [0, 0.05) is 67.4 Å². The van der Waals surface area contributed by atoms with Gasteiger partial charge in [-0.2, -0.15) is 5.10 Å². The van der Waals surface area contributed by atoms with E-state index in [-0.39, 0.29) is 77.5 Å². The molecule has 470 valence electrons. The normalized spacial score (nSPS) is 25.1. The Hall–Kier alpha value is -7.88. The van der Waals surface area contributed by atoms with Crippen molar-refractivity contribution in [2.45, 2.75) is 157 Å². The number of carboxylic acid groups (broad SMARTS) is 1. The summed E-state index contributed by atoms with van der Waals surface area (Å²) < 4.78 is 3.00. The lowest BCUT2D eigenvalue weighted by Crippen LogP contribution is -2.68. The molecule has 6 aliphatic rings. The third-order valence-corrected chi connectivity index (χ3v) is 23.0. The van der Waals surface area contributed by atoms with Gasteiger partial charge in [0.2, 0.25) is 23.6 Å². The zero-order valence-corrected chi connectivity index (χ0v) is 53.9. The van der Waals surface area contributed by atoms with Crippen LogP contribution in [-0.4, -0.2) is 113 Å². The van der Waals surface area contributed by atoms with Gasteiger partial charge in [0.1, 0.15) is 17.9 Å². The van der Waals surface area contributed by atoms with E-state index in [1.165, 1.54) is 16.2 Å². The predicted molar refractivity (Wildman–Crippen MR) is 346 cm³/mol. The highest BCUT2D eigenvalue weighted by atomic mass is 32.1. The van der Waals surface area contributed by atoms with E-state index in [1.54, 1.807) is 17.5 Å². The fourth-order valence-corrected chi connectivity index (χ4v) is 18.6. The number of benzene rings is 3. The van der Waals surface area contributed by atoms with E-state index in [0.29, 0.717) is 72.0 Å². The number of aromatic carboxylic acids is 1. The molecule has 4 aliphatic carbocycles. The van der Waals surface area contributed by atoms with Crippen LogP contribution in [0.5, 0.6) is 0 Å². The maximum absolute atomic E-state index is 14.8. The van der Waals surface area contributed by atoms with Crippen molar-refractivity contribution in [1.29, 1.82) is 0 Å². The van der Waals surface area contributed by atoms with Crippen LogP contribution in [0, 0.1) is 53.3 Å². The van der Waals surface area contributed by atoms with E-state index in [1.807, 2.05) is 149 Å². The van der Waals surface area contributed by atoms with Crippen molar-refractivity contribution in [1.82, 2.24) is 45.6 Å². The van der Waals surface area contributed by atoms with Gasteiger partial charge in [-0.25, -0.2) is 19.7 Å². The Balaban J connectivity index is 0.626. The predicted octanol–water partition coefficient (Wildman–Crippen LogP) is 10.3. The number of anilines is 2. The fraction of sp³-hybridized carbons (Fsp3) is 0.478. The van der Waals surface area contributed by atoms with Crippen LogP contribution in [0.2, 0.25) is 0 Å². The number of aryl methyl sites for hydroxylation is 1. The van der Waals surface area contributed by atoms with Crippen LogP contribution < -0.4 is 26.2 Å². The molecule has 1 saturated heterocycles. The van der Waals surface area contributed by atoms with Crippen molar-refractivity contribution in [3.8, 4) is 21.6 Å². The third kappa shape index (κ3) is 10.7. The maximum atomic E-state index is 14.8. The molecule has 11 atom stereocenters. The number of nitrogens with zero attached hydrogens (tertiary/aromatic N) is 7. The van der Waals surface area contributed by atoms with Crippen molar-refractivity contribution in [2.75, 3.05) is 23.3 Å². The zero-order chi connectivity index (χ0) is 63.3. The van der Waals surface area contributed by atoms with E-state index in [4.69, 9.17) is 10.1 Å². The van der Waals surface area contributed by atoms with Crippen molar-refractivity contribution < 1.29 is 39.0 Å². The van der Waals surface area contributed by atoms with Crippen LogP contribution in [0.15, 0.2) is 90.6 Å². The minimum Gasteiger partial charge on any atom is -0.476 e. The quantitative estimate of drug-likeness (QED) is 0.0441. The lowest BCUT2D eigenvalue weighted by Gasteiger charge is -2.73. The van der Waals surface area contributed by atoms with Crippen molar-refractivity contribution in [3.05, 3.63) is 130 Å². The molecular weight excluding hydrogens is 1170 g/mol. The van der Waals surface area contributed by atoms with Gasteiger partial charge in [0.05, 0.1) is 50.1 Å². The summed E-state index contributed by atoms with van der Waals surface area (Å²) in [7, 11) is 0. The van der Waals surface area contributed by atoms with E-state index in [9.17, 15) is 39.0 Å². The molecule has 5 fully saturated rings. The van der Waals surface area contributed by atoms with Gasteiger partial charge in [0.25, 0.3) is 5.91 Å². The van der Waals surface area contributed by atoms with Gasteiger partial charge in [-0.1, -0.05) is 87.6 Å². The molecule has 4 aromatic heterocycles. The van der Waals surface area contributed by atoms with Gasteiger partial charge >= 0.3 is 5.97 Å². The van der Waals surface area contributed by atoms with Gasteiger partial charge in [-0.15, -0.1) is 11.3 Å². The average molecular weight is 1250 g/mol. The molecule has 5 amide bonds. The fourth-order valence-electron chi connectivity index (χ4n) is 16.9. The van der Waals surface area contributed by atoms with Gasteiger partial charge in [-0.3, -0.25) is 34.0 Å². The molecule has 1 spiro atoms. The number of carbonyl (C=O) groups is 6. The molecule has 90 heavy (non-hydrogen) atoms. The number of nitrogens with one attached hydrogen (secondary N) is 4. The van der Waals surface area contributed by atoms with Crippen LogP contribution in [0.4, 0.5) is 10.9 Å². The molecular formula is C69H79N11O8S2. The summed E-state index contributed by atoms with van der Waals surface area (Å²) in [6.07, 6.45) is 6.82. The number of aliphatic hydroxyl groups is 1. The molecule has 6 N–H and O–H groups in total. The number of aliphatic hydroxyl groups excluding tert-OH is 1. The third-order valence-electron chi connectivity index (χ3n) is 21.1. The number of β-amino-alcohol motifs (C(OH)–C–C–N with tert-alkyl or cyclic N) is 1. The van der Waals surface area contributed by atoms with Gasteiger partial charge < -0.3 is 36.0 Å². The Morgan fingerprint density at radius 2 is 1.63 bits per heavy atom. The Morgan fingerprint density at radius 3 is 2.37 bits per heavy atom. The second kappa shape index (κ2) is 23.1. The number of carboxylic acids is 1. The molecule has 7 aromatic rings. The van der Waals surface area contributed by atoms with E-state index in [0.717, 1.165) is 80.8 Å². The molecule has 21 heteroatoms. The first-order valence-electron chi connectivity index (χ1n) is 31.6. The van der Waals surface area contributed by atoms with Crippen LogP contribution in [0.3, 0.4) is 0 Å². The lowest BCUT2D eigenvalue weighted by molar-refractivity contribution is -0.252. The highest BCUT2D eigenvalue weighted by Crippen LogP contribution is 2.89. The number of thiazole rings is 2. The first-order valence-corrected chi connectivity index (χ1v) is 33.3. The molecule has 13 rings (SSSR count). The molecule has 6 heterocycles. The number of aromatic nitrogens is 5. The Kier molecular flexibility index (Phi) is 15.7. The Labute approximate surface area is 531 Å². The Morgan fingerprint density at radius 1 is 0.856 bits per heavy atom. The average Bonchev–Trinajstić information content (AvgIpc) is 1.44. The number of carbonyl (C=O) groups excluding carboxylic acids is 5. The second-order valence-electron chi connectivity index (χ2n) is 28.0. The van der Waals surface area contributed by atoms with E-state index in [2.05, 4.69) is 31.2 Å². The van der Waals surface area contributed by atoms with Crippen LogP contribution >= 0.6 is 22.7 Å². The first-order chi connectivity index (χ1) is 42.9. The highest BCUT2D eigenvalue weighted by Gasteiger charge is 2.85. The molecule has 2 aliphatic heterocycles. The summed E-state index contributed by atoms with van der Waals surface area (Å²) in [5.74, 6) is -1.07. The first kappa shape index (κ1) is 61.0. The molecule has 7 unspecified atom stereocenters. The highest BCUT2D eigenvalue weighted by molar-refractivity contribution is 7.22. The molecule has 0 radical (unpaired) electrons. The summed E-state index contributed by atoms with van der Waals surface area (Å²) in [5.41, 5.74) is 8.61. The van der Waals surface area contributed by atoms with Crippen LogP contribution in [0.1, 0.15) is 148 Å². The molecule has 2 bridgehead atoms.